The van der Waals surface area contributed by atoms with Gasteiger partial charge in [0.1, 0.15) is 0 Å². The molecular weight excluding hydrogens is 206 g/mol. The number of aromatic nitrogens is 2. The Balaban J connectivity index is 2.21. The molecule has 2 aromatic rings. The van der Waals surface area contributed by atoms with Crippen molar-refractivity contribution in [2.24, 2.45) is 0 Å². The van der Waals surface area contributed by atoms with Crippen molar-refractivity contribution in [1.29, 1.82) is 0 Å². The highest BCUT2D eigenvalue weighted by Crippen LogP contribution is 2.08. The smallest absolute Gasteiger partial charge is 0.335 e. The van der Waals surface area contributed by atoms with Gasteiger partial charge < -0.3 is 10.8 Å². The van der Waals surface area contributed by atoms with Crippen LogP contribution in [0.4, 0.5) is 5.69 Å². The van der Waals surface area contributed by atoms with Gasteiger partial charge in [-0.05, 0) is 17.7 Å². The van der Waals surface area contributed by atoms with Crippen LogP contribution in [0.3, 0.4) is 0 Å². The average Bonchev–Trinajstić information content (AvgIpc) is 2.64. The summed E-state index contributed by atoms with van der Waals surface area (Å²) in [4.78, 5) is 10.8. The van der Waals surface area contributed by atoms with Crippen molar-refractivity contribution in [3.63, 3.8) is 0 Å². The van der Waals surface area contributed by atoms with Crippen LogP contribution in [0, 0.1) is 0 Å². The van der Waals surface area contributed by atoms with Crippen molar-refractivity contribution in [2.45, 2.75) is 6.54 Å². The molecule has 2 rings (SSSR count). The zero-order chi connectivity index (χ0) is 11.5. The number of nitrogens with two attached hydrogens (primary N) is 1. The number of nitrogen functional groups attached to an aromatic ring is 1. The molecule has 0 amide bonds. The first kappa shape index (κ1) is 10.2. The van der Waals surface area contributed by atoms with E-state index < -0.39 is 5.97 Å². The molecule has 1 aromatic heterocycles. The first-order valence-electron chi connectivity index (χ1n) is 4.75. The van der Waals surface area contributed by atoms with Crippen LogP contribution in [0.2, 0.25) is 0 Å². The molecule has 3 N–H and O–H groups in total. The molecule has 0 spiro atoms. The molecule has 0 bridgehead atoms. The van der Waals surface area contributed by atoms with Crippen LogP contribution in [-0.2, 0) is 6.54 Å². The molecule has 0 fully saturated rings. The normalized spacial score (nSPS) is 10.2. The predicted molar refractivity (Wildman–Crippen MR) is 59.1 cm³/mol. The van der Waals surface area contributed by atoms with Crippen molar-refractivity contribution < 1.29 is 9.90 Å². The van der Waals surface area contributed by atoms with Crippen molar-refractivity contribution in [3.05, 3.63) is 47.8 Å². The van der Waals surface area contributed by atoms with Gasteiger partial charge in [0, 0.05) is 6.20 Å². The summed E-state index contributed by atoms with van der Waals surface area (Å²) in [5.41, 5.74) is 7.28. The van der Waals surface area contributed by atoms with Gasteiger partial charge in [-0.15, -0.1) is 0 Å². The summed E-state index contributed by atoms with van der Waals surface area (Å²) in [5.74, 6) is -0.929. The SMILES string of the molecule is Nc1cnn(Cc2cccc(C(=O)O)c2)c1. The van der Waals surface area contributed by atoms with E-state index >= 15 is 0 Å². The summed E-state index contributed by atoms with van der Waals surface area (Å²) in [5, 5.41) is 12.9. The molecule has 5 nitrogen and oxygen atoms in total. The maximum absolute atomic E-state index is 10.8. The molecule has 0 unspecified atom stereocenters. The zero-order valence-electron chi connectivity index (χ0n) is 8.50. The topological polar surface area (TPSA) is 81.1 Å². The van der Waals surface area contributed by atoms with Crippen LogP contribution in [0.1, 0.15) is 15.9 Å². The second-order valence-electron chi connectivity index (χ2n) is 3.48. The van der Waals surface area contributed by atoms with E-state index in [4.69, 9.17) is 10.8 Å². The molecule has 82 valence electrons. The van der Waals surface area contributed by atoms with E-state index in [1.807, 2.05) is 6.07 Å². The highest BCUT2D eigenvalue weighted by atomic mass is 16.4. The molecule has 1 aromatic carbocycles. The Bertz CT molecular complexity index is 519. The maximum Gasteiger partial charge on any atom is 0.335 e. The molecule has 0 aliphatic rings. The minimum Gasteiger partial charge on any atom is -0.478 e. The van der Waals surface area contributed by atoms with Gasteiger partial charge in [-0.1, -0.05) is 12.1 Å². The number of rotatable bonds is 3. The van der Waals surface area contributed by atoms with Gasteiger partial charge in [0.15, 0.2) is 0 Å². The summed E-state index contributed by atoms with van der Waals surface area (Å²) in [6.07, 6.45) is 3.26. The van der Waals surface area contributed by atoms with E-state index in [-0.39, 0.29) is 5.56 Å². The second-order valence-corrected chi connectivity index (χ2v) is 3.48. The van der Waals surface area contributed by atoms with E-state index in [2.05, 4.69) is 5.10 Å². The van der Waals surface area contributed by atoms with Crippen LogP contribution in [0.25, 0.3) is 0 Å². The van der Waals surface area contributed by atoms with Crippen LogP contribution >= 0.6 is 0 Å². The summed E-state index contributed by atoms with van der Waals surface area (Å²) >= 11 is 0. The van der Waals surface area contributed by atoms with Gasteiger partial charge >= 0.3 is 5.97 Å². The number of hydrogen-bond donors (Lipinski definition) is 2. The lowest BCUT2D eigenvalue weighted by Crippen LogP contribution is -2.02. The average molecular weight is 217 g/mol. The molecule has 0 saturated heterocycles. The number of carboxylic acids is 1. The molecule has 0 radical (unpaired) electrons. The third kappa shape index (κ3) is 2.20. The second kappa shape index (κ2) is 4.06. The van der Waals surface area contributed by atoms with Crippen molar-refractivity contribution >= 4 is 11.7 Å². The minimum atomic E-state index is -0.929. The number of anilines is 1. The molecule has 5 heteroatoms. The quantitative estimate of drug-likeness (QED) is 0.809. The number of carbonyl (C=O) groups is 1. The van der Waals surface area contributed by atoms with Crippen molar-refractivity contribution in [3.8, 4) is 0 Å². The Morgan fingerprint density at radius 1 is 1.50 bits per heavy atom. The Kier molecular flexibility index (Phi) is 2.59. The van der Waals surface area contributed by atoms with Crippen molar-refractivity contribution in [1.82, 2.24) is 9.78 Å². The number of benzene rings is 1. The Morgan fingerprint density at radius 3 is 2.94 bits per heavy atom. The molecule has 0 saturated carbocycles. The minimum absolute atomic E-state index is 0.276. The van der Waals surface area contributed by atoms with Gasteiger partial charge in [0.05, 0.1) is 24.0 Å². The van der Waals surface area contributed by atoms with Gasteiger partial charge in [0.2, 0.25) is 0 Å². The molecule has 0 aliphatic carbocycles. The summed E-state index contributed by atoms with van der Waals surface area (Å²) in [6, 6.07) is 6.75. The first-order chi connectivity index (χ1) is 7.65. The van der Waals surface area contributed by atoms with Crippen molar-refractivity contribution in [2.75, 3.05) is 5.73 Å². The van der Waals surface area contributed by atoms with Gasteiger partial charge in [-0.2, -0.15) is 5.10 Å². The molecular formula is C11H11N3O2. The van der Waals surface area contributed by atoms with Crippen LogP contribution in [0.15, 0.2) is 36.7 Å². The molecule has 0 atom stereocenters. The fourth-order valence-electron chi connectivity index (χ4n) is 1.46. The first-order valence-corrected chi connectivity index (χ1v) is 4.75. The largest absolute Gasteiger partial charge is 0.478 e. The molecule has 0 aliphatic heterocycles. The summed E-state index contributed by atoms with van der Waals surface area (Å²) < 4.78 is 1.66. The highest BCUT2D eigenvalue weighted by Gasteiger charge is 2.03. The summed E-state index contributed by atoms with van der Waals surface area (Å²) in [6.45, 7) is 0.512. The van der Waals surface area contributed by atoms with E-state index in [0.29, 0.717) is 12.2 Å². The number of aromatic carboxylic acids is 1. The van der Waals surface area contributed by atoms with Gasteiger partial charge in [-0.25, -0.2) is 4.79 Å². The molecule has 1 heterocycles. The van der Waals surface area contributed by atoms with Gasteiger partial charge in [-0.3, -0.25) is 4.68 Å². The Labute approximate surface area is 92.1 Å². The van der Waals surface area contributed by atoms with E-state index in [1.165, 1.54) is 0 Å². The lowest BCUT2D eigenvalue weighted by molar-refractivity contribution is 0.0696. The van der Waals surface area contributed by atoms with E-state index in [1.54, 1.807) is 35.3 Å². The lowest BCUT2D eigenvalue weighted by atomic mass is 10.1. The highest BCUT2D eigenvalue weighted by molar-refractivity contribution is 5.87. The van der Waals surface area contributed by atoms with E-state index in [9.17, 15) is 4.79 Å². The Morgan fingerprint density at radius 2 is 2.31 bits per heavy atom. The number of nitrogens with zero attached hydrogens (tertiary/aromatic N) is 2. The fraction of sp³-hybridized carbons (Fsp3) is 0.0909. The zero-order valence-corrected chi connectivity index (χ0v) is 8.50. The Hall–Kier alpha value is -2.30. The molecule has 16 heavy (non-hydrogen) atoms. The third-order valence-electron chi connectivity index (χ3n) is 2.17. The van der Waals surface area contributed by atoms with Gasteiger partial charge in [0.25, 0.3) is 0 Å². The predicted octanol–water partition coefficient (Wildman–Crippen LogP) is 1.21. The van der Waals surface area contributed by atoms with Crippen LogP contribution < -0.4 is 5.73 Å². The van der Waals surface area contributed by atoms with Crippen LogP contribution in [-0.4, -0.2) is 20.9 Å². The third-order valence-corrected chi connectivity index (χ3v) is 2.17. The van der Waals surface area contributed by atoms with Crippen LogP contribution in [0.5, 0.6) is 0 Å². The summed E-state index contributed by atoms with van der Waals surface area (Å²) in [7, 11) is 0. The fourth-order valence-corrected chi connectivity index (χ4v) is 1.46. The number of hydrogen-bond acceptors (Lipinski definition) is 3. The maximum atomic E-state index is 10.8. The number of carboxylic acid groups (broad SMARTS) is 1. The monoisotopic (exact) mass is 217 g/mol. The lowest BCUT2D eigenvalue weighted by Gasteiger charge is -2.02. The standard InChI is InChI=1S/C11H11N3O2/c12-10-5-13-14(7-10)6-8-2-1-3-9(4-8)11(15)16/h1-5,7H,6,12H2,(H,15,16). The van der Waals surface area contributed by atoms with E-state index in [0.717, 1.165) is 5.56 Å².